The summed E-state index contributed by atoms with van der Waals surface area (Å²) in [5, 5.41) is 3.37. The molecule has 0 saturated heterocycles. The van der Waals surface area contributed by atoms with E-state index in [1.807, 2.05) is 29.7 Å². The monoisotopic (exact) mass is 493 g/mol. The largest absolute Gasteiger partial charge is 0.486 e. The molecule has 4 aromatic rings. The molecule has 5 rings (SSSR count). The number of pyridine rings is 1. The van der Waals surface area contributed by atoms with Gasteiger partial charge in [0.15, 0.2) is 0 Å². The Kier molecular flexibility index (Phi) is 6.02. The number of nitrogens with one attached hydrogen (secondary N) is 1. The quantitative estimate of drug-likeness (QED) is 0.399. The summed E-state index contributed by atoms with van der Waals surface area (Å²) in [5.41, 5.74) is 3.07. The molecule has 0 aliphatic carbocycles. The van der Waals surface area contributed by atoms with Gasteiger partial charge in [-0.1, -0.05) is 18.0 Å². The highest BCUT2D eigenvalue weighted by Crippen LogP contribution is 2.48. The Labute approximate surface area is 205 Å². The first-order valence-electron chi connectivity index (χ1n) is 11.1. The fourth-order valence-electron chi connectivity index (χ4n) is 4.48. The minimum Gasteiger partial charge on any atom is -0.486 e. The maximum absolute atomic E-state index is 13.6. The van der Waals surface area contributed by atoms with Crippen LogP contribution in [0.25, 0.3) is 22.3 Å². The highest BCUT2D eigenvalue weighted by molar-refractivity contribution is 7.99. The Hall–Kier alpha value is -3.72. The predicted molar refractivity (Wildman–Crippen MR) is 136 cm³/mol. The van der Waals surface area contributed by atoms with Gasteiger partial charge < -0.3 is 23.3 Å². The number of ether oxygens (including phenoxy) is 1. The number of anilines is 1. The zero-order chi connectivity index (χ0) is 24.7. The van der Waals surface area contributed by atoms with Gasteiger partial charge in [0, 0.05) is 61.6 Å². The number of carbonyl (C=O) groups excluding carboxylic acids is 1. The maximum atomic E-state index is 13.6. The van der Waals surface area contributed by atoms with E-state index in [1.165, 1.54) is 30.1 Å². The van der Waals surface area contributed by atoms with Crippen LogP contribution < -0.4 is 19.9 Å². The van der Waals surface area contributed by atoms with E-state index in [0.717, 1.165) is 11.3 Å². The van der Waals surface area contributed by atoms with Crippen molar-refractivity contribution in [3.05, 3.63) is 82.0 Å². The summed E-state index contributed by atoms with van der Waals surface area (Å²) in [7, 11) is 3.49. The summed E-state index contributed by atoms with van der Waals surface area (Å²) in [6, 6.07) is 12.8. The van der Waals surface area contributed by atoms with E-state index >= 15 is 0 Å². The second-order valence-corrected chi connectivity index (χ2v) is 9.20. The van der Waals surface area contributed by atoms with Gasteiger partial charge in [-0.2, -0.15) is 0 Å². The van der Waals surface area contributed by atoms with Crippen molar-refractivity contribution < 1.29 is 18.3 Å². The Morgan fingerprint density at radius 1 is 1.26 bits per heavy atom. The summed E-state index contributed by atoms with van der Waals surface area (Å²) < 4.78 is 29.8. The highest BCUT2D eigenvalue weighted by Gasteiger charge is 2.34. The molecule has 0 radical (unpaired) electrons. The number of furan rings is 1. The standard InChI is InChI=1S/C26H24FN3O4S/c1-28-26(32)23-22-18-12-17(14-30-11-5-4-6-21(30)31)33-25(18)19(29(2)35-3)13-20(22)34-24(23)15-7-9-16(27)10-8-15/h4-11,13,17H,12,14H2,1-3H3,(H,28,32). The number of amides is 1. The lowest BCUT2D eigenvalue weighted by molar-refractivity contribution is 0.0964. The normalized spacial score (nSPS) is 14.6. The number of fused-ring (bicyclic) bond motifs is 3. The van der Waals surface area contributed by atoms with Crippen molar-refractivity contribution in [2.24, 2.45) is 0 Å². The molecule has 3 heterocycles. The molecule has 1 unspecified atom stereocenters. The van der Waals surface area contributed by atoms with Crippen molar-refractivity contribution in [2.75, 3.05) is 24.7 Å². The van der Waals surface area contributed by atoms with Crippen LogP contribution >= 0.6 is 11.9 Å². The first-order valence-corrected chi connectivity index (χ1v) is 12.3. The zero-order valence-electron chi connectivity index (χ0n) is 19.5. The van der Waals surface area contributed by atoms with E-state index in [1.54, 1.807) is 36.0 Å². The molecule has 7 nitrogen and oxygen atoms in total. The maximum Gasteiger partial charge on any atom is 0.255 e. The van der Waals surface area contributed by atoms with Gasteiger partial charge in [0.25, 0.3) is 11.5 Å². The molecule has 35 heavy (non-hydrogen) atoms. The third kappa shape index (κ3) is 4.05. The topological polar surface area (TPSA) is 76.7 Å². The summed E-state index contributed by atoms with van der Waals surface area (Å²) >= 11 is 1.52. The van der Waals surface area contributed by atoms with Crippen LogP contribution in [0.2, 0.25) is 0 Å². The molecule has 1 aliphatic rings. The molecule has 1 atom stereocenters. The predicted octanol–water partition coefficient (Wildman–Crippen LogP) is 4.48. The lowest BCUT2D eigenvalue weighted by atomic mass is 9.97. The van der Waals surface area contributed by atoms with Gasteiger partial charge in [-0.05, 0) is 30.3 Å². The molecule has 1 aliphatic heterocycles. The van der Waals surface area contributed by atoms with Crippen molar-refractivity contribution in [3.8, 4) is 17.1 Å². The fourth-order valence-corrected chi connectivity index (χ4v) is 4.81. The van der Waals surface area contributed by atoms with Crippen molar-refractivity contribution in [1.29, 1.82) is 0 Å². The second-order valence-electron chi connectivity index (χ2n) is 8.28. The van der Waals surface area contributed by atoms with Crippen LogP contribution in [0.1, 0.15) is 15.9 Å². The Balaban J connectivity index is 1.70. The summed E-state index contributed by atoms with van der Waals surface area (Å²) in [6.07, 6.45) is 3.88. The van der Waals surface area contributed by atoms with Crippen LogP contribution in [-0.2, 0) is 13.0 Å². The van der Waals surface area contributed by atoms with Gasteiger partial charge in [-0.3, -0.25) is 9.59 Å². The molecule has 0 bridgehead atoms. The number of benzene rings is 2. The second kappa shape index (κ2) is 9.14. The summed E-state index contributed by atoms with van der Waals surface area (Å²) in [6.45, 7) is 0.371. The van der Waals surface area contributed by atoms with Crippen molar-refractivity contribution in [1.82, 2.24) is 9.88 Å². The number of halogens is 1. The Morgan fingerprint density at radius 2 is 2.03 bits per heavy atom. The van der Waals surface area contributed by atoms with E-state index in [-0.39, 0.29) is 23.4 Å². The molecule has 0 saturated carbocycles. The molecule has 0 spiro atoms. The lowest BCUT2D eigenvalue weighted by Crippen LogP contribution is -2.28. The smallest absolute Gasteiger partial charge is 0.255 e. The van der Waals surface area contributed by atoms with Gasteiger partial charge in [0.1, 0.15) is 29.0 Å². The van der Waals surface area contributed by atoms with E-state index in [0.29, 0.717) is 46.6 Å². The number of hydrogen-bond acceptors (Lipinski definition) is 6. The van der Waals surface area contributed by atoms with Crippen molar-refractivity contribution in [3.63, 3.8) is 0 Å². The number of nitrogens with zero attached hydrogens (tertiary/aromatic N) is 2. The number of hydrogen-bond donors (Lipinski definition) is 1. The SMILES string of the molecule is CNC(=O)c1c(-c2ccc(F)cc2)oc2cc(N(C)SC)c3c(c12)CC(Cn1ccccc1=O)O3. The number of aromatic nitrogens is 1. The molecule has 2 aromatic heterocycles. The van der Waals surface area contributed by atoms with Gasteiger partial charge in [-0.25, -0.2) is 4.39 Å². The van der Waals surface area contributed by atoms with Crippen LogP contribution in [0.15, 0.2) is 63.9 Å². The average Bonchev–Trinajstić information content (AvgIpc) is 3.45. The van der Waals surface area contributed by atoms with E-state index in [9.17, 15) is 14.0 Å². The van der Waals surface area contributed by atoms with Crippen LogP contribution in [-0.4, -0.2) is 36.9 Å². The van der Waals surface area contributed by atoms with Crippen LogP contribution in [0.4, 0.5) is 10.1 Å². The minimum atomic E-state index is -0.372. The van der Waals surface area contributed by atoms with E-state index < -0.39 is 0 Å². The van der Waals surface area contributed by atoms with Gasteiger partial charge in [0.2, 0.25) is 0 Å². The first-order chi connectivity index (χ1) is 16.9. The first kappa shape index (κ1) is 23.0. The molecular weight excluding hydrogens is 469 g/mol. The van der Waals surface area contributed by atoms with Crippen LogP contribution in [0.5, 0.6) is 5.75 Å². The molecule has 9 heteroatoms. The Morgan fingerprint density at radius 3 is 2.71 bits per heavy atom. The Bertz CT molecular complexity index is 1480. The molecule has 0 fully saturated rings. The molecule has 1 N–H and O–H groups in total. The lowest BCUT2D eigenvalue weighted by Gasteiger charge is -2.19. The molecule has 2 aromatic carbocycles. The third-order valence-corrected chi connectivity index (χ3v) is 6.95. The minimum absolute atomic E-state index is 0.105. The zero-order valence-corrected chi connectivity index (χ0v) is 20.3. The van der Waals surface area contributed by atoms with Crippen molar-refractivity contribution >= 4 is 34.5 Å². The molecule has 180 valence electrons. The number of rotatable bonds is 6. The summed E-state index contributed by atoms with van der Waals surface area (Å²) in [5.74, 6) is 0.357. The van der Waals surface area contributed by atoms with E-state index in [4.69, 9.17) is 9.15 Å². The van der Waals surface area contributed by atoms with Crippen LogP contribution in [0, 0.1) is 5.82 Å². The molecule has 1 amide bonds. The molecular formula is C26H24FN3O4S. The highest BCUT2D eigenvalue weighted by atomic mass is 32.2. The van der Waals surface area contributed by atoms with Crippen LogP contribution in [0.3, 0.4) is 0 Å². The van der Waals surface area contributed by atoms with Gasteiger partial charge >= 0.3 is 0 Å². The van der Waals surface area contributed by atoms with E-state index in [2.05, 4.69) is 5.32 Å². The average molecular weight is 494 g/mol. The van der Waals surface area contributed by atoms with Gasteiger partial charge in [-0.15, -0.1) is 0 Å². The summed E-state index contributed by atoms with van der Waals surface area (Å²) in [4.78, 5) is 25.4. The van der Waals surface area contributed by atoms with Gasteiger partial charge in [0.05, 0.1) is 17.8 Å². The number of carbonyl (C=O) groups is 1. The third-order valence-electron chi connectivity index (χ3n) is 6.20. The van der Waals surface area contributed by atoms with Crippen molar-refractivity contribution in [2.45, 2.75) is 19.1 Å². The fraction of sp³-hybridized carbons (Fsp3) is 0.231.